The fourth-order valence-electron chi connectivity index (χ4n) is 3.44. The molecule has 4 rings (SSSR count). The highest BCUT2D eigenvalue weighted by Gasteiger charge is 2.24. The fourth-order valence-corrected chi connectivity index (χ4v) is 3.93. The molecule has 0 fully saturated rings. The maximum absolute atomic E-state index is 13.1. The monoisotopic (exact) mass is 421 g/mol. The van der Waals surface area contributed by atoms with Gasteiger partial charge < -0.3 is 10.4 Å². The van der Waals surface area contributed by atoms with Gasteiger partial charge in [-0.15, -0.1) is 0 Å². The maximum Gasteiger partial charge on any atom is 0.253 e. The highest BCUT2D eigenvalue weighted by Crippen LogP contribution is 2.36. The topological polar surface area (TPSA) is 49.3 Å². The molecular weight excluding hydrogens is 405 g/mol. The minimum Gasteiger partial charge on any atom is -0.508 e. The summed E-state index contributed by atoms with van der Waals surface area (Å²) >= 11 is 12.2. The first-order valence-corrected chi connectivity index (χ1v) is 9.81. The predicted molar refractivity (Wildman–Crippen MR) is 118 cm³/mol. The number of carbonyl (C=O) groups is 1. The Morgan fingerprint density at radius 1 is 0.862 bits per heavy atom. The lowest BCUT2D eigenvalue weighted by Gasteiger charge is -2.23. The van der Waals surface area contributed by atoms with Crippen molar-refractivity contribution in [3.63, 3.8) is 0 Å². The second kappa shape index (κ2) is 8.16. The van der Waals surface area contributed by atoms with Crippen LogP contribution in [0.3, 0.4) is 0 Å². The van der Waals surface area contributed by atoms with E-state index in [0.717, 1.165) is 16.3 Å². The Bertz CT molecular complexity index is 1190. The Balaban J connectivity index is 1.84. The molecule has 29 heavy (non-hydrogen) atoms. The Hall–Kier alpha value is -3.01. The second-order valence-electron chi connectivity index (χ2n) is 6.66. The second-order valence-corrected chi connectivity index (χ2v) is 7.50. The summed E-state index contributed by atoms with van der Waals surface area (Å²) < 4.78 is 0. The minimum atomic E-state index is -0.568. The van der Waals surface area contributed by atoms with Gasteiger partial charge in [0.1, 0.15) is 5.75 Å². The van der Waals surface area contributed by atoms with E-state index in [0.29, 0.717) is 16.1 Å². The van der Waals surface area contributed by atoms with Crippen molar-refractivity contribution >= 4 is 39.9 Å². The summed E-state index contributed by atoms with van der Waals surface area (Å²) in [7, 11) is 0. The van der Waals surface area contributed by atoms with E-state index < -0.39 is 6.04 Å². The van der Waals surface area contributed by atoms with Crippen LogP contribution in [0.2, 0.25) is 10.0 Å². The lowest BCUT2D eigenvalue weighted by atomic mass is 9.92. The van der Waals surface area contributed by atoms with E-state index in [4.69, 9.17) is 23.2 Å². The number of benzene rings is 4. The third-order valence-electron chi connectivity index (χ3n) is 4.82. The van der Waals surface area contributed by atoms with Gasteiger partial charge in [0.05, 0.1) is 16.6 Å². The summed E-state index contributed by atoms with van der Waals surface area (Å²) in [5.41, 5.74) is 1.79. The van der Waals surface area contributed by atoms with E-state index in [1.807, 2.05) is 60.7 Å². The summed E-state index contributed by atoms with van der Waals surface area (Å²) in [5, 5.41) is 16.3. The molecule has 0 saturated heterocycles. The van der Waals surface area contributed by atoms with Crippen molar-refractivity contribution in [3.8, 4) is 5.75 Å². The van der Waals surface area contributed by atoms with Gasteiger partial charge in [0.15, 0.2) is 0 Å². The van der Waals surface area contributed by atoms with Crippen molar-refractivity contribution < 1.29 is 9.90 Å². The first kappa shape index (κ1) is 19.3. The van der Waals surface area contributed by atoms with Crippen LogP contribution in [0.1, 0.15) is 27.5 Å². The molecule has 0 aliphatic heterocycles. The summed E-state index contributed by atoms with van der Waals surface area (Å²) in [6.07, 6.45) is 0. The zero-order valence-corrected chi connectivity index (χ0v) is 16.8. The molecule has 0 unspecified atom stereocenters. The minimum absolute atomic E-state index is 0.111. The largest absolute Gasteiger partial charge is 0.508 e. The molecule has 0 aliphatic carbocycles. The highest BCUT2D eigenvalue weighted by atomic mass is 35.5. The van der Waals surface area contributed by atoms with E-state index in [-0.39, 0.29) is 16.7 Å². The van der Waals surface area contributed by atoms with Crippen LogP contribution in [0.15, 0.2) is 84.9 Å². The first-order chi connectivity index (χ1) is 14.0. The maximum atomic E-state index is 13.1. The molecule has 2 N–H and O–H groups in total. The molecule has 144 valence electrons. The van der Waals surface area contributed by atoms with E-state index in [9.17, 15) is 9.90 Å². The molecule has 0 heterocycles. The molecule has 0 aliphatic rings. The average Bonchev–Trinajstić information content (AvgIpc) is 2.73. The third-order valence-corrected chi connectivity index (χ3v) is 5.37. The Kier molecular flexibility index (Phi) is 5.43. The lowest BCUT2D eigenvalue weighted by molar-refractivity contribution is 0.0943. The molecule has 0 saturated carbocycles. The number of phenolic OH excluding ortho intramolecular Hbond substituents is 1. The van der Waals surface area contributed by atoms with Crippen LogP contribution < -0.4 is 5.32 Å². The Labute approximate surface area is 178 Å². The molecule has 0 radical (unpaired) electrons. The van der Waals surface area contributed by atoms with Gasteiger partial charge in [-0.3, -0.25) is 4.79 Å². The molecule has 5 heteroatoms. The van der Waals surface area contributed by atoms with Crippen LogP contribution in [-0.2, 0) is 0 Å². The zero-order valence-electron chi connectivity index (χ0n) is 15.3. The molecule has 0 aromatic heterocycles. The van der Waals surface area contributed by atoms with E-state index in [2.05, 4.69) is 5.32 Å². The van der Waals surface area contributed by atoms with Crippen molar-refractivity contribution in [2.45, 2.75) is 6.04 Å². The van der Waals surface area contributed by atoms with Gasteiger partial charge in [-0.05, 0) is 40.6 Å². The van der Waals surface area contributed by atoms with Gasteiger partial charge in [-0.25, -0.2) is 0 Å². The number of carbonyl (C=O) groups excluding carboxylic acids is 1. The molecule has 1 atom stereocenters. The van der Waals surface area contributed by atoms with Crippen LogP contribution in [-0.4, -0.2) is 11.0 Å². The standard InChI is InChI=1S/C24H17Cl2NO2/c25-17-11-12-19(20(26)14-17)24(29)27-23(16-7-2-1-3-8-16)22-18-9-5-4-6-15(18)10-13-21(22)28/h1-14,23,28H,(H,27,29)/t23-/m1/s1. The summed E-state index contributed by atoms with van der Waals surface area (Å²) in [5.74, 6) is -0.243. The smallest absolute Gasteiger partial charge is 0.253 e. The molecular formula is C24H17Cl2NO2. The number of aromatic hydroxyl groups is 1. The Morgan fingerprint density at radius 2 is 1.59 bits per heavy atom. The number of halogens is 2. The van der Waals surface area contributed by atoms with E-state index in [1.165, 1.54) is 6.07 Å². The average molecular weight is 422 g/mol. The van der Waals surface area contributed by atoms with E-state index in [1.54, 1.807) is 18.2 Å². The summed E-state index contributed by atoms with van der Waals surface area (Å²) in [6, 6.07) is 24.9. The highest BCUT2D eigenvalue weighted by molar-refractivity contribution is 6.36. The van der Waals surface area contributed by atoms with E-state index >= 15 is 0 Å². The van der Waals surface area contributed by atoms with Crippen LogP contribution in [0.5, 0.6) is 5.75 Å². The molecule has 1 amide bonds. The van der Waals surface area contributed by atoms with Gasteiger partial charge in [0, 0.05) is 10.6 Å². The number of fused-ring (bicyclic) bond motifs is 1. The number of nitrogens with one attached hydrogen (secondary N) is 1. The molecule has 0 spiro atoms. The van der Waals surface area contributed by atoms with Crippen molar-refractivity contribution in [2.24, 2.45) is 0 Å². The number of rotatable bonds is 4. The zero-order chi connectivity index (χ0) is 20.4. The van der Waals surface area contributed by atoms with Crippen LogP contribution in [0.25, 0.3) is 10.8 Å². The van der Waals surface area contributed by atoms with Crippen molar-refractivity contribution in [1.29, 1.82) is 0 Å². The molecule has 3 nitrogen and oxygen atoms in total. The lowest BCUT2D eigenvalue weighted by Crippen LogP contribution is -2.29. The van der Waals surface area contributed by atoms with Crippen molar-refractivity contribution in [1.82, 2.24) is 5.32 Å². The quantitative estimate of drug-likeness (QED) is 0.401. The number of amides is 1. The summed E-state index contributed by atoms with van der Waals surface area (Å²) in [4.78, 5) is 13.1. The predicted octanol–water partition coefficient (Wildman–Crippen LogP) is 6.37. The fraction of sp³-hybridized carbons (Fsp3) is 0.0417. The molecule has 4 aromatic rings. The van der Waals surface area contributed by atoms with Gasteiger partial charge >= 0.3 is 0 Å². The Morgan fingerprint density at radius 3 is 2.34 bits per heavy atom. The number of phenols is 1. The van der Waals surface area contributed by atoms with Gasteiger partial charge in [0.2, 0.25) is 0 Å². The van der Waals surface area contributed by atoms with Gasteiger partial charge in [0.25, 0.3) is 5.91 Å². The third kappa shape index (κ3) is 3.93. The SMILES string of the molecule is O=C(N[C@H](c1ccccc1)c1c(O)ccc2ccccc12)c1ccc(Cl)cc1Cl. The molecule has 4 aromatic carbocycles. The van der Waals surface area contributed by atoms with Crippen molar-refractivity contribution in [3.05, 3.63) is 112 Å². The van der Waals surface area contributed by atoms with Gasteiger partial charge in [-0.2, -0.15) is 0 Å². The number of hydrogen-bond acceptors (Lipinski definition) is 2. The first-order valence-electron chi connectivity index (χ1n) is 9.06. The van der Waals surface area contributed by atoms with Crippen LogP contribution >= 0.6 is 23.2 Å². The number of hydrogen-bond donors (Lipinski definition) is 2. The molecule has 0 bridgehead atoms. The summed E-state index contributed by atoms with van der Waals surface area (Å²) in [6.45, 7) is 0. The van der Waals surface area contributed by atoms with Crippen molar-refractivity contribution in [2.75, 3.05) is 0 Å². The van der Waals surface area contributed by atoms with Crippen LogP contribution in [0.4, 0.5) is 0 Å². The normalized spacial score (nSPS) is 11.9. The van der Waals surface area contributed by atoms with Gasteiger partial charge in [-0.1, -0.05) is 83.9 Å². The van der Waals surface area contributed by atoms with Crippen LogP contribution in [0, 0.1) is 0 Å².